The highest BCUT2D eigenvalue weighted by atomic mass is 16.5. The first-order chi connectivity index (χ1) is 8.88. The lowest BCUT2D eigenvalue weighted by molar-refractivity contribution is -0.146. The lowest BCUT2D eigenvalue weighted by Crippen LogP contribution is -2.46. The molecule has 0 aliphatic heterocycles. The molecule has 0 saturated carbocycles. The number of ether oxygens (including phenoxy) is 1. The molecule has 4 N–H and O–H groups in total. The summed E-state index contributed by atoms with van der Waals surface area (Å²) in [7, 11) is 2.87. The molecule has 3 amide bonds. The first-order valence-corrected chi connectivity index (χ1v) is 5.54. The Kier molecular flexibility index (Phi) is 8.22. The molecule has 0 aromatic rings. The van der Waals surface area contributed by atoms with Crippen LogP contribution in [0.4, 0.5) is 4.79 Å². The highest BCUT2D eigenvalue weighted by Gasteiger charge is 2.17. The molecule has 0 aliphatic carbocycles. The van der Waals surface area contributed by atoms with E-state index in [0.717, 1.165) is 4.90 Å². The molecule has 0 unspecified atom stereocenters. The van der Waals surface area contributed by atoms with Crippen molar-refractivity contribution < 1.29 is 29.3 Å². The number of amides is 3. The highest BCUT2D eigenvalue weighted by molar-refractivity contribution is 5.84. The van der Waals surface area contributed by atoms with Gasteiger partial charge in [0.2, 0.25) is 5.91 Å². The average molecular weight is 277 g/mol. The molecule has 0 bridgehead atoms. The van der Waals surface area contributed by atoms with Crippen LogP contribution in [0.1, 0.15) is 0 Å². The summed E-state index contributed by atoms with van der Waals surface area (Å²) < 4.78 is 4.74. The zero-order chi connectivity index (χ0) is 14.8. The molecule has 9 nitrogen and oxygen atoms in total. The summed E-state index contributed by atoms with van der Waals surface area (Å²) in [6.45, 7) is 0.0947. The third-order valence-electron chi connectivity index (χ3n) is 2.09. The molecule has 19 heavy (non-hydrogen) atoms. The monoisotopic (exact) mass is 277 g/mol. The van der Waals surface area contributed by atoms with Crippen molar-refractivity contribution in [2.24, 2.45) is 0 Å². The highest BCUT2D eigenvalue weighted by Crippen LogP contribution is 1.86. The van der Waals surface area contributed by atoms with Gasteiger partial charge in [-0.2, -0.15) is 0 Å². The fourth-order valence-electron chi connectivity index (χ4n) is 1.04. The zero-order valence-electron chi connectivity index (χ0n) is 10.9. The number of urea groups is 1. The van der Waals surface area contributed by atoms with Crippen LogP contribution in [0.2, 0.25) is 0 Å². The molecule has 0 heterocycles. The summed E-state index contributed by atoms with van der Waals surface area (Å²) >= 11 is 0. The van der Waals surface area contributed by atoms with Crippen LogP contribution in [-0.4, -0.2) is 79.5 Å². The molecule has 110 valence electrons. The summed E-state index contributed by atoms with van der Waals surface area (Å²) in [5.41, 5.74) is 0. The summed E-state index contributed by atoms with van der Waals surface area (Å²) in [4.78, 5) is 34.2. The molecule has 9 heteroatoms. The summed E-state index contributed by atoms with van der Waals surface area (Å²) in [5.74, 6) is -1.80. The molecule has 0 saturated heterocycles. The minimum Gasteiger partial charge on any atom is -0.479 e. The van der Waals surface area contributed by atoms with Crippen LogP contribution in [0.15, 0.2) is 0 Å². The van der Waals surface area contributed by atoms with E-state index >= 15 is 0 Å². The van der Waals surface area contributed by atoms with Crippen LogP contribution < -0.4 is 10.6 Å². The Morgan fingerprint density at radius 1 is 1.32 bits per heavy atom. The lowest BCUT2D eigenvalue weighted by atomic mass is 10.3. The number of nitrogens with zero attached hydrogens (tertiary/aromatic N) is 1. The van der Waals surface area contributed by atoms with Crippen LogP contribution in [0, 0.1) is 0 Å². The van der Waals surface area contributed by atoms with E-state index in [9.17, 15) is 14.4 Å². The Hall–Kier alpha value is -1.87. The van der Waals surface area contributed by atoms with Crippen molar-refractivity contribution in [2.75, 3.05) is 40.4 Å². The number of nitrogens with one attached hydrogen (secondary N) is 2. The van der Waals surface area contributed by atoms with Gasteiger partial charge in [0.05, 0.1) is 13.2 Å². The first-order valence-electron chi connectivity index (χ1n) is 5.54. The van der Waals surface area contributed by atoms with Gasteiger partial charge in [0.25, 0.3) is 0 Å². The number of aliphatic carboxylic acids is 1. The molecular weight excluding hydrogens is 258 g/mol. The number of hydrogen-bond donors (Lipinski definition) is 4. The largest absolute Gasteiger partial charge is 0.479 e. The third-order valence-corrected chi connectivity index (χ3v) is 2.09. The van der Waals surface area contributed by atoms with Gasteiger partial charge in [-0.15, -0.1) is 0 Å². The third kappa shape index (κ3) is 7.95. The van der Waals surface area contributed by atoms with Gasteiger partial charge in [-0.05, 0) is 0 Å². The van der Waals surface area contributed by atoms with Crippen molar-refractivity contribution in [3.63, 3.8) is 0 Å². The predicted octanol–water partition coefficient (Wildman–Crippen LogP) is -2.16. The SMILES string of the molecule is COCCNC(=O)CN(C)C(=O)NC[C@H](O)C(=O)O. The number of carbonyl (C=O) groups is 3. The maximum atomic E-state index is 11.4. The molecule has 0 spiro atoms. The van der Waals surface area contributed by atoms with E-state index in [2.05, 4.69) is 10.6 Å². The number of carboxylic acid groups (broad SMARTS) is 1. The Bertz CT molecular complexity index is 322. The van der Waals surface area contributed by atoms with Gasteiger partial charge in [0, 0.05) is 20.7 Å². The first kappa shape index (κ1) is 17.1. The normalized spacial score (nSPS) is 11.5. The van der Waals surface area contributed by atoms with Gasteiger partial charge in [0.15, 0.2) is 6.10 Å². The van der Waals surface area contributed by atoms with E-state index in [1.807, 2.05) is 0 Å². The van der Waals surface area contributed by atoms with Gasteiger partial charge in [-0.25, -0.2) is 9.59 Å². The number of aliphatic hydroxyl groups excluding tert-OH is 1. The molecular formula is C10H19N3O6. The van der Waals surface area contributed by atoms with Gasteiger partial charge in [-0.1, -0.05) is 0 Å². The molecule has 0 fully saturated rings. The Morgan fingerprint density at radius 3 is 2.47 bits per heavy atom. The van der Waals surface area contributed by atoms with Crippen LogP contribution in [0.5, 0.6) is 0 Å². The fourth-order valence-corrected chi connectivity index (χ4v) is 1.04. The van der Waals surface area contributed by atoms with Crippen LogP contribution >= 0.6 is 0 Å². The molecule has 0 rings (SSSR count). The number of hydrogen-bond acceptors (Lipinski definition) is 5. The smallest absolute Gasteiger partial charge is 0.334 e. The molecule has 0 aliphatic rings. The average Bonchev–Trinajstić information content (AvgIpc) is 2.35. The number of methoxy groups -OCH3 is 1. The summed E-state index contributed by atoms with van der Waals surface area (Å²) in [5, 5.41) is 22.1. The van der Waals surface area contributed by atoms with Crippen molar-refractivity contribution in [1.82, 2.24) is 15.5 Å². The minimum atomic E-state index is -1.67. The Morgan fingerprint density at radius 2 is 1.95 bits per heavy atom. The summed E-state index contributed by atoms with van der Waals surface area (Å²) in [6, 6.07) is -0.651. The maximum absolute atomic E-state index is 11.4. The van der Waals surface area contributed by atoms with Crippen molar-refractivity contribution in [3.05, 3.63) is 0 Å². The molecule has 0 aromatic heterocycles. The maximum Gasteiger partial charge on any atom is 0.334 e. The Balaban J connectivity index is 3.93. The second-order valence-corrected chi connectivity index (χ2v) is 3.74. The quantitative estimate of drug-likeness (QED) is 0.374. The summed E-state index contributed by atoms with van der Waals surface area (Å²) in [6.07, 6.45) is -1.67. The van der Waals surface area contributed by atoms with E-state index < -0.39 is 24.6 Å². The molecule has 0 radical (unpaired) electrons. The van der Waals surface area contributed by atoms with Gasteiger partial charge < -0.3 is 30.5 Å². The zero-order valence-corrected chi connectivity index (χ0v) is 10.9. The molecule has 1 atom stereocenters. The van der Waals surface area contributed by atoms with E-state index in [0.29, 0.717) is 13.2 Å². The van der Waals surface area contributed by atoms with E-state index in [1.165, 1.54) is 14.2 Å². The Labute approximate surface area is 110 Å². The number of likely N-dealkylation sites (N-methyl/N-ethyl adjacent to an activating group) is 1. The number of carboxylic acids is 1. The minimum absolute atomic E-state index is 0.182. The second kappa shape index (κ2) is 9.11. The lowest BCUT2D eigenvalue weighted by Gasteiger charge is -2.18. The number of carbonyl (C=O) groups excluding carboxylic acids is 2. The van der Waals surface area contributed by atoms with Crippen LogP contribution in [0.25, 0.3) is 0 Å². The van der Waals surface area contributed by atoms with Crippen molar-refractivity contribution in [1.29, 1.82) is 0 Å². The van der Waals surface area contributed by atoms with E-state index in [1.54, 1.807) is 0 Å². The van der Waals surface area contributed by atoms with Crippen LogP contribution in [-0.2, 0) is 14.3 Å². The fraction of sp³-hybridized carbons (Fsp3) is 0.700. The molecule has 0 aromatic carbocycles. The number of rotatable bonds is 8. The number of aliphatic hydroxyl groups is 1. The van der Waals surface area contributed by atoms with Crippen molar-refractivity contribution in [3.8, 4) is 0 Å². The van der Waals surface area contributed by atoms with Crippen molar-refractivity contribution in [2.45, 2.75) is 6.10 Å². The van der Waals surface area contributed by atoms with Crippen LogP contribution in [0.3, 0.4) is 0 Å². The van der Waals surface area contributed by atoms with Crippen molar-refractivity contribution >= 4 is 17.9 Å². The van der Waals surface area contributed by atoms with E-state index in [-0.39, 0.29) is 12.5 Å². The topological polar surface area (TPSA) is 128 Å². The van der Waals surface area contributed by atoms with Gasteiger partial charge in [-0.3, -0.25) is 4.79 Å². The predicted molar refractivity (Wildman–Crippen MR) is 64.6 cm³/mol. The second-order valence-electron chi connectivity index (χ2n) is 3.74. The standard InChI is InChI=1S/C10H19N3O6/c1-13(6-8(15)11-3-4-19-2)10(18)12-5-7(14)9(16)17/h7,14H,3-6H2,1-2H3,(H,11,15)(H,12,18)(H,16,17)/t7-/m0/s1. The van der Waals surface area contributed by atoms with Gasteiger partial charge in [0.1, 0.15) is 6.54 Å². The van der Waals surface area contributed by atoms with Gasteiger partial charge >= 0.3 is 12.0 Å². The van der Waals surface area contributed by atoms with E-state index in [4.69, 9.17) is 14.9 Å².